The highest BCUT2D eigenvalue weighted by Crippen LogP contribution is 2.26. The summed E-state index contributed by atoms with van der Waals surface area (Å²) >= 11 is 0. The van der Waals surface area contributed by atoms with Crippen molar-refractivity contribution < 1.29 is 47.6 Å². The van der Waals surface area contributed by atoms with Crippen molar-refractivity contribution >= 4 is 24.8 Å². The summed E-state index contributed by atoms with van der Waals surface area (Å²) in [6, 6.07) is 0. The molecule has 1 radical (unpaired) electrons. The van der Waals surface area contributed by atoms with Gasteiger partial charge in [-0.25, -0.2) is 19.2 Å². The molecule has 0 aromatic carbocycles. The molecule has 10 nitrogen and oxygen atoms in total. The van der Waals surface area contributed by atoms with E-state index in [1.54, 1.807) is 0 Å². The molecule has 0 spiro atoms. The molecule has 0 N–H and O–H groups in total. The van der Waals surface area contributed by atoms with Crippen LogP contribution in [0.4, 0.5) is 9.59 Å². The summed E-state index contributed by atoms with van der Waals surface area (Å²) in [5.74, 6) is -4.59. The molecule has 0 heterocycles. The second-order valence-electron chi connectivity index (χ2n) is 6.34. The maximum Gasteiger partial charge on any atom is 0.534 e. The Morgan fingerprint density at radius 3 is 1.67 bits per heavy atom. The first kappa shape index (κ1) is 20.8. The van der Waals surface area contributed by atoms with Crippen LogP contribution in [0.1, 0.15) is 57.8 Å². The third-order valence-corrected chi connectivity index (χ3v) is 4.43. The lowest BCUT2D eigenvalue weighted by Crippen LogP contribution is -2.51. The normalized spacial score (nSPS) is 20.0. The molecule has 2 fully saturated rings. The topological polar surface area (TPSA) is 124 Å². The molecule has 0 aliphatic heterocycles. The van der Waals surface area contributed by atoms with Gasteiger partial charge < -0.3 is 28.4 Å². The summed E-state index contributed by atoms with van der Waals surface area (Å²) in [7, 11) is 0.923. The minimum Gasteiger partial charge on any atom is -0.460 e. The van der Waals surface area contributed by atoms with Crippen molar-refractivity contribution in [3.63, 3.8) is 0 Å². The van der Waals surface area contributed by atoms with Gasteiger partial charge in [0.05, 0.1) is 7.11 Å². The van der Waals surface area contributed by atoms with Gasteiger partial charge in [-0.2, -0.15) is 0 Å². The predicted octanol–water partition coefficient (Wildman–Crippen LogP) is 2.48. The highest BCUT2D eigenvalue weighted by atomic mass is 17.0. The van der Waals surface area contributed by atoms with E-state index in [0.717, 1.165) is 45.7 Å². The van der Waals surface area contributed by atoms with Crippen LogP contribution in [0.2, 0.25) is 0 Å². The number of carbonyl (C=O) groups excluding carboxylic acids is 4. The quantitative estimate of drug-likeness (QED) is 0.365. The molecule has 0 saturated heterocycles. The van der Waals surface area contributed by atoms with Crippen LogP contribution >= 0.6 is 0 Å². The highest BCUT2D eigenvalue weighted by Gasteiger charge is 2.54. The van der Waals surface area contributed by atoms with Gasteiger partial charge >= 0.3 is 30.7 Å². The fraction of sp³-hybridized carbons (Fsp3) is 0.765. The molecule has 1 unspecified atom stereocenters. The third kappa shape index (κ3) is 6.00. The van der Waals surface area contributed by atoms with Crippen molar-refractivity contribution in [3.05, 3.63) is 0 Å². The van der Waals surface area contributed by atoms with E-state index in [9.17, 15) is 19.2 Å². The predicted molar refractivity (Wildman–Crippen MR) is 85.8 cm³/mol. The summed E-state index contributed by atoms with van der Waals surface area (Å²) in [4.78, 5) is 46.8. The summed E-state index contributed by atoms with van der Waals surface area (Å²) in [6.45, 7) is 0.915. The van der Waals surface area contributed by atoms with Gasteiger partial charge in [-0.05, 0) is 51.4 Å². The smallest absolute Gasteiger partial charge is 0.460 e. The largest absolute Gasteiger partial charge is 0.534 e. The van der Waals surface area contributed by atoms with E-state index in [1.807, 2.05) is 0 Å². The molecule has 10 heteroatoms. The van der Waals surface area contributed by atoms with Crippen LogP contribution in [0.15, 0.2) is 0 Å². The monoisotopic (exact) mass is 387 g/mol. The summed E-state index contributed by atoms with van der Waals surface area (Å²) < 4.78 is 28.3. The molecule has 2 aliphatic carbocycles. The second-order valence-corrected chi connectivity index (χ2v) is 6.34. The van der Waals surface area contributed by atoms with Crippen LogP contribution in [0.3, 0.4) is 0 Å². The van der Waals surface area contributed by atoms with Crippen LogP contribution in [0.5, 0.6) is 0 Å². The third-order valence-electron chi connectivity index (χ3n) is 4.43. The zero-order chi connectivity index (χ0) is 19.7. The number of methoxy groups -OCH3 is 1. The van der Waals surface area contributed by atoms with E-state index < -0.39 is 36.5 Å². The molecule has 1 atom stereocenters. The van der Waals surface area contributed by atoms with E-state index in [-0.39, 0.29) is 0 Å². The van der Waals surface area contributed by atoms with Crippen LogP contribution in [0, 0.1) is 0 Å². The van der Waals surface area contributed by atoms with E-state index in [1.165, 1.54) is 0 Å². The van der Waals surface area contributed by atoms with Gasteiger partial charge in [0.1, 0.15) is 12.2 Å². The first-order chi connectivity index (χ1) is 13.0. The SMILES string of the molecule is COC(=O)C(O[C]=O)(OC(=O)OC1CCCCC1)OC(=O)OC1CCCC1. The van der Waals surface area contributed by atoms with Gasteiger partial charge in [-0.15, -0.1) is 0 Å². The molecule has 0 amide bonds. The zero-order valence-corrected chi connectivity index (χ0v) is 15.1. The van der Waals surface area contributed by atoms with Crippen molar-refractivity contribution in [2.75, 3.05) is 7.11 Å². The molecule has 27 heavy (non-hydrogen) atoms. The lowest BCUT2D eigenvalue weighted by molar-refractivity contribution is -0.300. The average molecular weight is 387 g/mol. The Balaban J connectivity index is 2.04. The summed E-state index contributed by atoms with van der Waals surface area (Å²) in [5.41, 5.74) is 0. The molecule has 151 valence electrons. The fourth-order valence-corrected chi connectivity index (χ4v) is 3.10. The van der Waals surface area contributed by atoms with Gasteiger partial charge in [-0.1, -0.05) is 6.42 Å². The number of rotatable bonds is 7. The van der Waals surface area contributed by atoms with Gasteiger partial charge in [0, 0.05) is 0 Å². The minimum absolute atomic E-state index is 0.401. The Morgan fingerprint density at radius 2 is 1.26 bits per heavy atom. The molecule has 0 aromatic heterocycles. The number of esters is 1. The average Bonchev–Trinajstić information content (AvgIpc) is 3.14. The van der Waals surface area contributed by atoms with E-state index in [2.05, 4.69) is 9.47 Å². The Kier molecular flexibility index (Phi) is 7.68. The molecule has 2 saturated carbocycles. The Hall–Kier alpha value is -2.52. The van der Waals surface area contributed by atoms with Gasteiger partial charge in [0.2, 0.25) is 0 Å². The molecule has 0 bridgehead atoms. The van der Waals surface area contributed by atoms with Crippen LogP contribution in [-0.4, -0.2) is 50.0 Å². The molecule has 2 aliphatic rings. The lowest BCUT2D eigenvalue weighted by Gasteiger charge is -2.27. The van der Waals surface area contributed by atoms with E-state index in [0.29, 0.717) is 25.7 Å². The minimum atomic E-state index is -3.13. The lowest BCUT2D eigenvalue weighted by atomic mass is 9.98. The Bertz CT molecular complexity index is 536. The highest BCUT2D eigenvalue weighted by molar-refractivity contribution is 5.82. The van der Waals surface area contributed by atoms with Gasteiger partial charge in [0.15, 0.2) is 0 Å². The van der Waals surface area contributed by atoms with Gasteiger partial charge in [0.25, 0.3) is 0 Å². The zero-order valence-electron chi connectivity index (χ0n) is 15.1. The summed E-state index contributed by atoms with van der Waals surface area (Å²) in [6.07, 6.45) is 3.55. The number of ether oxygens (including phenoxy) is 6. The van der Waals surface area contributed by atoms with E-state index in [4.69, 9.17) is 18.9 Å². The van der Waals surface area contributed by atoms with Crippen molar-refractivity contribution in [1.29, 1.82) is 0 Å². The Morgan fingerprint density at radius 1 is 0.815 bits per heavy atom. The fourth-order valence-electron chi connectivity index (χ4n) is 3.10. The molecule has 2 rings (SSSR count). The second kappa shape index (κ2) is 9.98. The first-order valence-electron chi connectivity index (χ1n) is 8.92. The van der Waals surface area contributed by atoms with Crippen molar-refractivity contribution in [1.82, 2.24) is 0 Å². The van der Waals surface area contributed by atoms with Gasteiger partial charge in [-0.3, -0.25) is 0 Å². The molecule has 0 aromatic rings. The summed E-state index contributed by atoms with van der Waals surface area (Å²) in [5, 5.41) is 0. The standard InChI is InChI=1S/C17H23O10/c1-22-14(19)17(23-11-18,27-16(21)25-13-9-5-6-10-13)26-15(20)24-12-7-3-2-4-8-12/h12-13H,2-10H2,1H3. The molecular weight excluding hydrogens is 364 g/mol. The van der Waals surface area contributed by atoms with Crippen LogP contribution in [-0.2, 0) is 38.0 Å². The maximum absolute atomic E-state index is 12.1. The Labute approximate surface area is 156 Å². The van der Waals surface area contributed by atoms with Crippen molar-refractivity contribution in [2.45, 2.75) is 76.0 Å². The van der Waals surface area contributed by atoms with E-state index >= 15 is 0 Å². The van der Waals surface area contributed by atoms with Crippen molar-refractivity contribution in [2.24, 2.45) is 0 Å². The maximum atomic E-state index is 12.1. The van der Waals surface area contributed by atoms with Crippen molar-refractivity contribution in [3.8, 4) is 0 Å². The molecular formula is C17H23O10. The number of hydrogen-bond acceptors (Lipinski definition) is 10. The van der Waals surface area contributed by atoms with Crippen LogP contribution < -0.4 is 0 Å². The number of hydrogen-bond donors (Lipinski definition) is 0. The van der Waals surface area contributed by atoms with Crippen LogP contribution in [0.25, 0.3) is 0 Å². The number of carbonyl (C=O) groups is 3. The first-order valence-corrected chi connectivity index (χ1v) is 8.92.